The molecule has 0 radical (unpaired) electrons. The minimum absolute atomic E-state index is 0.147. The lowest BCUT2D eigenvalue weighted by Gasteiger charge is -2.40. The summed E-state index contributed by atoms with van der Waals surface area (Å²) in [4.78, 5) is 12.4. The molecule has 1 aliphatic carbocycles. The number of carboxylic acids is 1. The number of hydrogen-bond acceptors (Lipinski definition) is 3. The van der Waals surface area contributed by atoms with Crippen molar-refractivity contribution in [2.75, 3.05) is 13.1 Å². The fraction of sp³-hybridized carbons (Fsp3) is 0.875. The van der Waals surface area contributed by atoms with Gasteiger partial charge >= 0.3 is 5.97 Å². The first-order valence-electron chi connectivity index (χ1n) is 4.35. The summed E-state index contributed by atoms with van der Waals surface area (Å²) >= 11 is 0. The Kier molecular flexibility index (Phi) is 3.05. The topological polar surface area (TPSA) is 66.6 Å². The Hall–Kier alpha value is -0.610. The third-order valence-corrected chi connectivity index (χ3v) is 2.41. The maximum atomic E-state index is 10.4. The van der Waals surface area contributed by atoms with Crippen LogP contribution in [-0.2, 0) is 4.79 Å². The van der Waals surface area contributed by atoms with Crippen molar-refractivity contribution in [3.63, 3.8) is 0 Å². The molecule has 0 unspecified atom stereocenters. The molecule has 0 saturated heterocycles. The second kappa shape index (κ2) is 3.87. The lowest BCUT2D eigenvalue weighted by atomic mass is 9.86. The molecule has 4 nitrogen and oxygen atoms in total. The quantitative estimate of drug-likeness (QED) is 0.620. The van der Waals surface area contributed by atoms with E-state index >= 15 is 0 Å². The fourth-order valence-corrected chi connectivity index (χ4v) is 1.60. The summed E-state index contributed by atoms with van der Waals surface area (Å²) in [6.45, 7) is 2.92. The summed E-state index contributed by atoms with van der Waals surface area (Å²) in [5.41, 5.74) is 5.62. The van der Waals surface area contributed by atoms with E-state index in [0.717, 1.165) is 19.4 Å². The third kappa shape index (κ3) is 2.19. The van der Waals surface area contributed by atoms with E-state index in [9.17, 15) is 4.79 Å². The summed E-state index contributed by atoms with van der Waals surface area (Å²) in [6.07, 6.45) is 1.89. The standard InChI is InChI=1S/C8H16N2O2/c1-2-10(5-8(11)12)7-3-6(9)4-7/h6-7H,2-5,9H2,1H3,(H,11,12). The molecule has 0 amide bonds. The summed E-state index contributed by atoms with van der Waals surface area (Å²) < 4.78 is 0. The second-order valence-electron chi connectivity index (χ2n) is 3.34. The maximum absolute atomic E-state index is 10.4. The zero-order valence-electron chi connectivity index (χ0n) is 7.36. The van der Waals surface area contributed by atoms with E-state index in [-0.39, 0.29) is 12.6 Å². The van der Waals surface area contributed by atoms with Gasteiger partial charge < -0.3 is 10.8 Å². The number of carbonyl (C=O) groups is 1. The summed E-state index contributed by atoms with van der Waals surface area (Å²) in [7, 11) is 0. The lowest BCUT2D eigenvalue weighted by molar-refractivity contribution is -0.139. The van der Waals surface area contributed by atoms with Gasteiger partial charge in [-0.3, -0.25) is 9.69 Å². The van der Waals surface area contributed by atoms with Gasteiger partial charge in [0.2, 0.25) is 0 Å². The van der Waals surface area contributed by atoms with Crippen LogP contribution in [0.4, 0.5) is 0 Å². The minimum atomic E-state index is -0.752. The average Bonchev–Trinajstić information content (AvgIpc) is 1.94. The van der Waals surface area contributed by atoms with E-state index in [1.165, 1.54) is 0 Å². The van der Waals surface area contributed by atoms with Crippen LogP contribution in [0.25, 0.3) is 0 Å². The third-order valence-electron chi connectivity index (χ3n) is 2.41. The SMILES string of the molecule is CCN(CC(=O)O)C1CC(N)C1. The van der Waals surface area contributed by atoms with Crippen molar-refractivity contribution in [3.05, 3.63) is 0 Å². The molecular weight excluding hydrogens is 156 g/mol. The van der Waals surface area contributed by atoms with Crippen molar-refractivity contribution in [3.8, 4) is 0 Å². The zero-order valence-corrected chi connectivity index (χ0v) is 7.36. The molecule has 0 spiro atoms. The number of nitrogens with two attached hydrogens (primary N) is 1. The second-order valence-corrected chi connectivity index (χ2v) is 3.34. The number of hydrogen-bond donors (Lipinski definition) is 2. The van der Waals surface area contributed by atoms with Gasteiger partial charge in [0.05, 0.1) is 6.54 Å². The molecule has 0 aromatic rings. The van der Waals surface area contributed by atoms with Crippen molar-refractivity contribution in [2.45, 2.75) is 31.8 Å². The van der Waals surface area contributed by atoms with Crippen LogP contribution in [0.1, 0.15) is 19.8 Å². The summed E-state index contributed by atoms with van der Waals surface area (Å²) in [6, 6.07) is 0.693. The highest BCUT2D eigenvalue weighted by Crippen LogP contribution is 2.23. The highest BCUT2D eigenvalue weighted by molar-refractivity contribution is 5.69. The van der Waals surface area contributed by atoms with E-state index in [0.29, 0.717) is 6.04 Å². The molecule has 70 valence electrons. The van der Waals surface area contributed by atoms with Crippen molar-refractivity contribution < 1.29 is 9.90 Å². The predicted molar refractivity (Wildman–Crippen MR) is 45.9 cm³/mol. The Morgan fingerprint density at radius 1 is 1.67 bits per heavy atom. The molecule has 1 rings (SSSR count). The number of rotatable bonds is 4. The Bertz CT molecular complexity index is 166. The monoisotopic (exact) mass is 172 g/mol. The van der Waals surface area contributed by atoms with Crippen molar-refractivity contribution in [1.82, 2.24) is 4.90 Å². The van der Waals surface area contributed by atoms with Crippen molar-refractivity contribution in [1.29, 1.82) is 0 Å². The van der Waals surface area contributed by atoms with E-state index < -0.39 is 5.97 Å². The van der Waals surface area contributed by atoms with Crippen LogP contribution >= 0.6 is 0 Å². The van der Waals surface area contributed by atoms with E-state index in [4.69, 9.17) is 10.8 Å². The molecule has 0 aromatic carbocycles. The number of aliphatic carboxylic acids is 1. The molecule has 0 bridgehead atoms. The van der Waals surface area contributed by atoms with E-state index in [1.54, 1.807) is 0 Å². The van der Waals surface area contributed by atoms with Gasteiger partial charge in [0.1, 0.15) is 0 Å². The van der Waals surface area contributed by atoms with Gasteiger partial charge in [-0.05, 0) is 19.4 Å². The Morgan fingerprint density at radius 2 is 2.25 bits per heavy atom. The van der Waals surface area contributed by atoms with Crippen LogP contribution in [0.3, 0.4) is 0 Å². The highest BCUT2D eigenvalue weighted by atomic mass is 16.4. The Labute approximate surface area is 72.3 Å². The molecule has 4 heteroatoms. The summed E-state index contributed by atoms with van der Waals surface area (Å²) in [5.74, 6) is -0.752. The predicted octanol–water partition coefficient (Wildman–Crippen LogP) is -0.117. The Balaban J connectivity index is 2.30. The minimum Gasteiger partial charge on any atom is -0.480 e. The summed E-state index contributed by atoms with van der Waals surface area (Å²) in [5, 5.41) is 8.58. The fourth-order valence-electron chi connectivity index (χ4n) is 1.60. The van der Waals surface area contributed by atoms with Crippen LogP contribution in [-0.4, -0.2) is 41.1 Å². The number of carboxylic acid groups (broad SMARTS) is 1. The molecule has 0 aliphatic heterocycles. The molecule has 0 heterocycles. The zero-order chi connectivity index (χ0) is 9.14. The van der Waals surface area contributed by atoms with Gasteiger partial charge in [0.15, 0.2) is 0 Å². The molecule has 0 atom stereocenters. The van der Waals surface area contributed by atoms with Gasteiger partial charge in [-0.2, -0.15) is 0 Å². The van der Waals surface area contributed by atoms with Gasteiger partial charge in [-0.25, -0.2) is 0 Å². The number of nitrogens with zero attached hydrogens (tertiary/aromatic N) is 1. The largest absolute Gasteiger partial charge is 0.480 e. The van der Waals surface area contributed by atoms with Crippen LogP contribution in [0.2, 0.25) is 0 Å². The first kappa shape index (κ1) is 9.48. The molecule has 1 aliphatic rings. The smallest absolute Gasteiger partial charge is 0.317 e. The van der Waals surface area contributed by atoms with Gasteiger partial charge in [-0.1, -0.05) is 6.92 Å². The molecule has 3 N–H and O–H groups in total. The molecule has 1 saturated carbocycles. The molecule has 12 heavy (non-hydrogen) atoms. The van der Waals surface area contributed by atoms with E-state index in [1.807, 2.05) is 11.8 Å². The average molecular weight is 172 g/mol. The van der Waals surface area contributed by atoms with E-state index in [2.05, 4.69) is 0 Å². The normalized spacial score (nSPS) is 28.6. The molecule has 1 fully saturated rings. The molecular formula is C8H16N2O2. The van der Waals surface area contributed by atoms with Gasteiger partial charge in [0, 0.05) is 12.1 Å². The maximum Gasteiger partial charge on any atom is 0.317 e. The van der Waals surface area contributed by atoms with Crippen LogP contribution < -0.4 is 5.73 Å². The van der Waals surface area contributed by atoms with Crippen molar-refractivity contribution >= 4 is 5.97 Å². The van der Waals surface area contributed by atoms with Gasteiger partial charge in [-0.15, -0.1) is 0 Å². The van der Waals surface area contributed by atoms with Gasteiger partial charge in [0.25, 0.3) is 0 Å². The molecule has 0 aromatic heterocycles. The van der Waals surface area contributed by atoms with Crippen LogP contribution in [0.5, 0.6) is 0 Å². The number of likely N-dealkylation sites (N-methyl/N-ethyl adjacent to an activating group) is 1. The van der Waals surface area contributed by atoms with Crippen LogP contribution in [0.15, 0.2) is 0 Å². The first-order valence-corrected chi connectivity index (χ1v) is 4.35. The van der Waals surface area contributed by atoms with Crippen LogP contribution in [0, 0.1) is 0 Å². The highest BCUT2D eigenvalue weighted by Gasteiger charge is 2.31. The lowest BCUT2D eigenvalue weighted by Crippen LogP contribution is -2.51. The first-order chi connectivity index (χ1) is 5.63. The Morgan fingerprint density at radius 3 is 2.58 bits per heavy atom. The van der Waals surface area contributed by atoms with Crippen molar-refractivity contribution in [2.24, 2.45) is 5.73 Å².